The highest BCUT2D eigenvalue weighted by molar-refractivity contribution is 5.42. The van der Waals surface area contributed by atoms with Gasteiger partial charge in [0.25, 0.3) is 0 Å². The lowest BCUT2D eigenvalue weighted by atomic mass is 9.90. The molecule has 2 aromatic carbocycles. The van der Waals surface area contributed by atoms with Crippen LogP contribution in [0.1, 0.15) is 28.7 Å². The van der Waals surface area contributed by atoms with E-state index in [1.54, 1.807) is 0 Å². The molecule has 192 valence electrons. The number of hydrogen-bond donors (Lipinski definition) is 2. The fourth-order valence-corrected chi connectivity index (χ4v) is 4.84. The molecule has 7 heteroatoms. The molecule has 0 radical (unpaired) electrons. The summed E-state index contributed by atoms with van der Waals surface area (Å²) in [6.07, 6.45) is -0.304. The molecule has 0 bridgehead atoms. The van der Waals surface area contributed by atoms with E-state index in [0.717, 1.165) is 73.1 Å². The maximum Gasteiger partial charge on any atom is 0.137 e. The zero-order valence-electron chi connectivity index (χ0n) is 21.3. The van der Waals surface area contributed by atoms with E-state index in [0.29, 0.717) is 26.1 Å². The minimum Gasteiger partial charge on any atom is -0.492 e. The van der Waals surface area contributed by atoms with Gasteiger partial charge in [-0.15, -0.1) is 0 Å². The smallest absolute Gasteiger partial charge is 0.137 e. The summed E-state index contributed by atoms with van der Waals surface area (Å²) in [7, 11) is 0. The van der Waals surface area contributed by atoms with Crippen LogP contribution in [-0.4, -0.2) is 90.9 Å². The van der Waals surface area contributed by atoms with E-state index in [1.165, 1.54) is 0 Å². The van der Waals surface area contributed by atoms with Crippen molar-refractivity contribution in [3.63, 3.8) is 0 Å². The lowest BCUT2D eigenvalue weighted by molar-refractivity contribution is -0.140. The second-order valence-corrected chi connectivity index (χ2v) is 10.1. The molecule has 2 saturated heterocycles. The Morgan fingerprint density at radius 3 is 2.49 bits per heavy atom. The van der Waals surface area contributed by atoms with E-state index in [9.17, 15) is 10.2 Å². The molecule has 2 heterocycles. The number of aryl methyl sites for hydroxylation is 2. The number of aliphatic hydroxyl groups excluding tert-OH is 1. The number of ether oxygens (including phenoxy) is 3. The minimum atomic E-state index is -1.31. The average molecular weight is 485 g/mol. The Labute approximate surface area is 209 Å². The van der Waals surface area contributed by atoms with E-state index in [2.05, 4.69) is 34.9 Å². The van der Waals surface area contributed by atoms with E-state index in [4.69, 9.17) is 14.2 Å². The second-order valence-electron chi connectivity index (χ2n) is 10.1. The number of aliphatic hydroxyl groups is 2. The monoisotopic (exact) mass is 484 g/mol. The Kier molecular flexibility index (Phi) is 8.68. The van der Waals surface area contributed by atoms with Crippen molar-refractivity contribution in [2.24, 2.45) is 0 Å². The predicted molar refractivity (Wildman–Crippen MR) is 136 cm³/mol. The van der Waals surface area contributed by atoms with Gasteiger partial charge in [-0.2, -0.15) is 0 Å². The molecule has 0 unspecified atom stereocenters. The van der Waals surface area contributed by atoms with Crippen molar-refractivity contribution in [1.29, 1.82) is 0 Å². The van der Waals surface area contributed by atoms with Crippen LogP contribution in [0.15, 0.2) is 36.4 Å². The number of piperidine rings is 1. The highest BCUT2D eigenvalue weighted by Gasteiger charge is 2.42. The molecule has 2 fully saturated rings. The van der Waals surface area contributed by atoms with Crippen LogP contribution < -0.4 is 9.47 Å². The van der Waals surface area contributed by atoms with Crippen LogP contribution in [0, 0.1) is 20.8 Å². The summed E-state index contributed by atoms with van der Waals surface area (Å²) < 4.78 is 17.3. The lowest BCUT2D eigenvalue weighted by Gasteiger charge is -2.42. The van der Waals surface area contributed by atoms with Crippen molar-refractivity contribution >= 4 is 0 Å². The number of morpholine rings is 1. The van der Waals surface area contributed by atoms with Gasteiger partial charge in [0.05, 0.1) is 19.3 Å². The molecular formula is C28H40N2O5. The Hall–Kier alpha value is -2.16. The summed E-state index contributed by atoms with van der Waals surface area (Å²) in [5, 5.41) is 21.9. The Balaban J connectivity index is 1.28. The molecule has 0 aromatic heterocycles. The first-order valence-corrected chi connectivity index (χ1v) is 12.7. The number of hydrogen-bond acceptors (Lipinski definition) is 7. The average Bonchev–Trinajstić information content (AvgIpc) is 2.85. The molecule has 0 amide bonds. The molecule has 0 aliphatic carbocycles. The first-order valence-electron chi connectivity index (χ1n) is 12.7. The van der Waals surface area contributed by atoms with Crippen molar-refractivity contribution in [2.75, 3.05) is 59.2 Å². The number of β-amino-alcohol motifs (C(OH)–C–C–N with tert-alkyl or cyclic N) is 1. The summed E-state index contributed by atoms with van der Waals surface area (Å²) in [6.45, 7) is 13.1. The molecule has 4 rings (SSSR count). The summed E-state index contributed by atoms with van der Waals surface area (Å²) in [6, 6.07) is 12.3. The molecule has 2 aliphatic heterocycles. The van der Waals surface area contributed by atoms with Crippen LogP contribution in [-0.2, 0) is 11.3 Å². The molecular weight excluding hydrogens is 444 g/mol. The van der Waals surface area contributed by atoms with Gasteiger partial charge in [-0.1, -0.05) is 18.2 Å². The normalized spacial score (nSPS) is 23.9. The summed E-state index contributed by atoms with van der Waals surface area (Å²) in [5.74, 6) is 1.63. The molecule has 2 N–H and O–H groups in total. The number of rotatable bonds is 9. The maximum atomic E-state index is 11.3. The second kappa shape index (κ2) is 11.7. The van der Waals surface area contributed by atoms with Gasteiger partial charge in [-0.3, -0.25) is 9.80 Å². The van der Waals surface area contributed by atoms with Crippen LogP contribution >= 0.6 is 0 Å². The van der Waals surface area contributed by atoms with E-state index >= 15 is 0 Å². The van der Waals surface area contributed by atoms with Crippen LogP contribution in [0.2, 0.25) is 0 Å². The van der Waals surface area contributed by atoms with Crippen LogP contribution in [0.3, 0.4) is 0 Å². The summed E-state index contributed by atoms with van der Waals surface area (Å²) >= 11 is 0. The third kappa shape index (κ3) is 6.96. The molecule has 2 aliphatic rings. The SMILES string of the molecule is Cc1cc(C)c(C)c(OC[C@@]2(O)CN(Cc3ccc(OCCN4CCOCC4)cc3)CC[C@@H]2O)c1. The first-order chi connectivity index (χ1) is 16.8. The summed E-state index contributed by atoms with van der Waals surface area (Å²) in [4.78, 5) is 4.54. The lowest BCUT2D eigenvalue weighted by Crippen LogP contribution is -2.59. The zero-order chi connectivity index (χ0) is 24.8. The van der Waals surface area contributed by atoms with Crippen molar-refractivity contribution in [2.45, 2.75) is 45.4 Å². The minimum absolute atomic E-state index is 0.0598. The number of benzene rings is 2. The Bertz CT molecular complexity index is 961. The van der Waals surface area contributed by atoms with Crippen LogP contribution in [0.25, 0.3) is 0 Å². The first kappa shape index (κ1) is 25.9. The van der Waals surface area contributed by atoms with Gasteiger partial charge in [0.15, 0.2) is 0 Å². The van der Waals surface area contributed by atoms with Crippen molar-refractivity contribution in [3.8, 4) is 11.5 Å². The number of nitrogens with zero attached hydrogens (tertiary/aromatic N) is 2. The standard InChI is InChI=1S/C28H40N2O5/c1-21-16-22(2)23(3)26(17-21)35-20-28(32)19-30(9-8-27(28)31)18-24-4-6-25(7-5-24)34-15-12-29-10-13-33-14-11-29/h4-7,16-17,27,31-32H,8-15,18-20H2,1-3H3/t27-,28-/m0/s1. The largest absolute Gasteiger partial charge is 0.492 e. The molecule has 2 aromatic rings. The zero-order valence-corrected chi connectivity index (χ0v) is 21.3. The van der Waals surface area contributed by atoms with Gasteiger partial charge in [0.2, 0.25) is 0 Å². The van der Waals surface area contributed by atoms with Gasteiger partial charge >= 0.3 is 0 Å². The highest BCUT2D eigenvalue weighted by Crippen LogP contribution is 2.28. The molecule has 2 atom stereocenters. The topological polar surface area (TPSA) is 74.6 Å². The quantitative estimate of drug-likeness (QED) is 0.567. The summed E-state index contributed by atoms with van der Waals surface area (Å²) in [5.41, 5.74) is 3.18. The van der Waals surface area contributed by atoms with Gasteiger partial charge in [-0.25, -0.2) is 0 Å². The third-order valence-corrected chi connectivity index (χ3v) is 7.19. The maximum absolute atomic E-state index is 11.3. The van der Waals surface area contributed by atoms with Crippen molar-refractivity contribution in [3.05, 3.63) is 58.7 Å². The van der Waals surface area contributed by atoms with E-state index < -0.39 is 11.7 Å². The Morgan fingerprint density at radius 1 is 1.00 bits per heavy atom. The Morgan fingerprint density at radius 2 is 1.74 bits per heavy atom. The van der Waals surface area contributed by atoms with Crippen LogP contribution in [0.4, 0.5) is 0 Å². The molecule has 0 spiro atoms. The molecule has 7 nitrogen and oxygen atoms in total. The highest BCUT2D eigenvalue weighted by atomic mass is 16.5. The van der Waals surface area contributed by atoms with Gasteiger partial charge < -0.3 is 24.4 Å². The van der Waals surface area contributed by atoms with E-state index in [-0.39, 0.29) is 6.61 Å². The van der Waals surface area contributed by atoms with E-state index in [1.807, 2.05) is 32.0 Å². The fraction of sp³-hybridized carbons (Fsp3) is 0.571. The molecule has 35 heavy (non-hydrogen) atoms. The fourth-order valence-electron chi connectivity index (χ4n) is 4.84. The van der Waals surface area contributed by atoms with Crippen molar-refractivity contribution < 1.29 is 24.4 Å². The van der Waals surface area contributed by atoms with Gasteiger partial charge in [-0.05, 0) is 67.6 Å². The van der Waals surface area contributed by atoms with Gasteiger partial charge in [0, 0.05) is 39.3 Å². The van der Waals surface area contributed by atoms with Gasteiger partial charge in [0.1, 0.15) is 30.3 Å². The molecule has 0 saturated carbocycles. The number of likely N-dealkylation sites (tertiary alicyclic amines) is 1. The predicted octanol–water partition coefficient (Wildman–Crippen LogP) is 2.70. The van der Waals surface area contributed by atoms with Crippen LogP contribution in [0.5, 0.6) is 11.5 Å². The third-order valence-electron chi connectivity index (χ3n) is 7.19. The van der Waals surface area contributed by atoms with Crippen molar-refractivity contribution in [1.82, 2.24) is 9.80 Å².